The molecule has 1 saturated carbocycles. The van der Waals surface area contributed by atoms with Crippen LogP contribution in [0.3, 0.4) is 0 Å². The Morgan fingerprint density at radius 2 is 2.27 bits per heavy atom. The second-order valence-electron chi connectivity index (χ2n) is 4.07. The topological polar surface area (TPSA) is 52.0 Å². The molecular weight excluding hydrogens is 192 g/mol. The fraction of sp³-hybridized carbons (Fsp3) is 0.545. The van der Waals surface area contributed by atoms with Crippen molar-refractivity contribution in [3.8, 4) is 0 Å². The lowest BCUT2D eigenvalue weighted by Gasteiger charge is -2.23. The van der Waals surface area contributed by atoms with E-state index in [1.807, 2.05) is 0 Å². The first-order valence-corrected chi connectivity index (χ1v) is 5.22. The molecule has 1 aromatic rings. The van der Waals surface area contributed by atoms with Gasteiger partial charge in [-0.2, -0.15) is 5.10 Å². The zero-order chi connectivity index (χ0) is 10.8. The first kappa shape index (κ1) is 10.1. The molecule has 0 amide bonds. The fourth-order valence-electron chi connectivity index (χ4n) is 1.69. The fourth-order valence-corrected chi connectivity index (χ4v) is 1.69. The van der Waals surface area contributed by atoms with Gasteiger partial charge in [0.25, 0.3) is 0 Å². The molecule has 0 aliphatic heterocycles. The van der Waals surface area contributed by atoms with Gasteiger partial charge in [-0.3, -0.25) is 14.3 Å². The first-order valence-electron chi connectivity index (χ1n) is 5.22. The highest BCUT2D eigenvalue weighted by Gasteiger charge is 2.27. The van der Waals surface area contributed by atoms with E-state index in [0.29, 0.717) is 5.69 Å². The highest BCUT2D eigenvalue weighted by molar-refractivity contribution is 6.07. The molecule has 0 saturated heterocycles. The summed E-state index contributed by atoms with van der Waals surface area (Å²) in [5.41, 5.74) is 0.394. The Morgan fingerprint density at radius 1 is 1.53 bits per heavy atom. The molecule has 0 N–H and O–H groups in total. The average molecular weight is 206 g/mol. The highest BCUT2D eigenvalue weighted by atomic mass is 16.1. The van der Waals surface area contributed by atoms with Crippen molar-refractivity contribution >= 4 is 11.6 Å². The van der Waals surface area contributed by atoms with E-state index < -0.39 is 0 Å². The largest absolute Gasteiger partial charge is 0.299 e. The molecule has 0 atom stereocenters. The van der Waals surface area contributed by atoms with E-state index in [9.17, 15) is 9.59 Å². The summed E-state index contributed by atoms with van der Waals surface area (Å²) in [5.74, 6) is 0.0575. The summed E-state index contributed by atoms with van der Waals surface area (Å²) in [6.45, 7) is 0. The lowest BCUT2D eigenvalue weighted by molar-refractivity contribution is -0.124. The predicted octanol–water partition coefficient (Wildman–Crippen LogP) is 1.36. The van der Waals surface area contributed by atoms with Gasteiger partial charge in [0.15, 0.2) is 5.78 Å². The molecule has 4 heteroatoms. The van der Waals surface area contributed by atoms with Gasteiger partial charge >= 0.3 is 0 Å². The Hall–Kier alpha value is -1.45. The quantitative estimate of drug-likeness (QED) is 0.552. The number of rotatable bonds is 4. The van der Waals surface area contributed by atoms with E-state index >= 15 is 0 Å². The van der Waals surface area contributed by atoms with Gasteiger partial charge in [-0.05, 0) is 18.9 Å². The van der Waals surface area contributed by atoms with Crippen LogP contribution in [0.25, 0.3) is 0 Å². The SMILES string of the molecule is Cn1ccc(C(=O)CC(=O)C2CCC2)n1. The Bertz CT molecular complexity index is 391. The summed E-state index contributed by atoms with van der Waals surface area (Å²) < 4.78 is 1.57. The van der Waals surface area contributed by atoms with E-state index in [2.05, 4.69) is 5.10 Å². The summed E-state index contributed by atoms with van der Waals surface area (Å²) in [6, 6.07) is 1.65. The number of hydrogen-bond donors (Lipinski definition) is 0. The van der Waals surface area contributed by atoms with Crippen molar-refractivity contribution in [3.05, 3.63) is 18.0 Å². The summed E-state index contributed by atoms with van der Waals surface area (Å²) >= 11 is 0. The minimum absolute atomic E-state index is 0.0156. The average Bonchev–Trinajstić information content (AvgIpc) is 2.48. The van der Waals surface area contributed by atoms with Gasteiger partial charge in [0.2, 0.25) is 0 Å². The normalized spacial score (nSPS) is 16.1. The Balaban J connectivity index is 1.94. The van der Waals surface area contributed by atoms with Crippen molar-refractivity contribution < 1.29 is 9.59 Å². The zero-order valence-corrected chi connectivity index (χ0v) is 8.77. The van der Waals surface area contributed by atoms with Gasteiger partial charge in [-0.25, -0.2) is 0 Å². The van der Waals surface area contributed by atoms with Crippen LogP contribution in [-0.4, -0.2) is 21.3 Å². The van der Waals surface area contributed by atoms with Crippen LogP contribution >= 0.6 is 0 Å². The molecule has 1 fully saturated rings. The molecule has 1 aliphatic rings. The molecule has 1 heterocycles. The molecule has 2 rings (SSSR count). The molecule has 0 bridgehead atoms. The Labute approximate surface area is 88.3 Å². The van der Waals surface area contributed by atoms with Crippen molar-refractivity contribution in [1.82, 2.24) is 9.78 Å². The van der Waals surface area contributed by atoms with E-state index in [1.54, 1.807) is 24.0 Å². The van der Waals surface area contributed by atoms with E-state index in [1.165, 1.54) is 0 Å². The van der Waals surface area contributed by atoms with Gasteiger partial charge in [-0.15, -0.1) is 0 Å². The number of carbonyl (C=O) groups excluding carboxylic acids is 2. The maximum absolute atomic E-state index is 11.6. The van der Waals surface area contributed by atoms with Gasteiger partial charge in [0.05, 0.1) is 6.42 Å². The van der Waals surface area contributed by atoms with Gasteiger partial charge in [0.1, 0.15) is 11.5 Å². The zero-order valence-electron chi connectivity index (χ0n) is 8.77. The van der Waals surface area contributed by atoms with Crippen molar-refractivity contribution in [3.63, 3.8) is 0 Å². The molecule has 4 nitrogen and oxygen atoms in total. The third kappa shape index (κ3) is 2.14. The molecular formula is C11H14N2O2. The van der Waals surface area contributed by atoms with Crippen molar-refractivity contribution in [2.45, 2.75) is 25.7 Å². The lowest BCUT2D eigenvalue weighted by Crippen LogP contribution is -2.24. The van der Waals surface area contributed by atoms with Gasteiger partial charge < -0.3 is 0 Å². The molecule has 0 radical (unpaired) electrons. The summed E-state index contributed by atoms with van der Waals surface area (Å²) in [6.07, 6.45) is 4.75. The van der Waals surface area contributed by atoms with Crippen molar-refractivity contribution in [2.24, 2.45) is 13.0 Å². The number of ketones is 2. The molecule has 0 aromatic carbocycles. The van der Waals surface area contributed by atoms with Crippen LogP contribution in [0.5, 0.6) is 0 Å². The molecule has 80 valence electrons. The third-order valence-electron chi connectivity index (χ3n) is 2.89. The summed E-state index contributed by atoms with van der Waals surface area (Å²) in [4.78, 5) is 23.2. The maximum Gasteiger partial charge on any atom is 0.190 e. The lowest BCUT2D eigenvalue weighted by atomic mass is 9.80. The first-order chi connectivity index (χ1) is 7.16. The van der Waals surface area contributed by atoms with Crippen LogP contribution in [0.1, 0.15) is 36.2 Å². The summed E-state index contributed by atoms with van der Waals surface area (Å²) in [5, 5.41) is 3.98. The second-order valence-corrected chi connectivity index (χ2v) is 4.07. The number of nitrogens with zero attached hydrogens (tertiary/aromatic N) is 2. The van der Waals surface area contributed by atoms with E-state index in [0.717, 1.165) is 19.3 Å². The number of hydrogen-bond acceptors (Lipinski definition) is 3. The van der Waals surface area contributed by atoms with Crippen LogP contribution in [0, 0.1) is 5.92 Å². The highest BCUT2D eigenvalue weighted by Crippen LogP contribution is 2.28. The standard InChI is InChI=1S/C11H14N2O2/c1-13-6-5-9(12-13)11(15)7-10(14)8-3-2-4-8/h5-6,8H,2-4,7H2,1H3. The number of carbonyl (C=O) groups is 2. The Morgan fingerprint density at radius 3 is 2.73 bits per heavy atom. The van der Waals surface area contributed by atoms with Crippen LogP contribution in [0.4, 0.5) is 0 Å². The number of aromatic nitrogens is 2. The van der Waals surface area contributed by atoms with E-state index in [-0.39, 0.29) is 23.9 Å². The molecule has 1 aliphatic carbocycles. The Kier molecular flexibility index (Phi) is 2.66. The van der Waals surface area contributed by atoms with Gasteiger partial charge in [-0.1, -0.05) is 6.42 Å². The van der Waals surface area contributed by atoms with Crippen LogP contribution in [-0.2, 0) is 11.8 Å². The number of Topliss-reactive ketones (excluding diaryl/α,β-unsaturated/α-hetero) is 2. The molecule has 0 unspecified atom stereocenters. The second kappa shape index (κ2) is 3.96. The van der Waals surface area contributed by atoms with Gasteiger partial charge in [0, 0.05) is 19.2 Å². The summed E-state index contributed by atoms with van der Waals surface area (Å²) in [7, 11) is 1.75. The van der Waals surface area contributed by atoms with Crippen LogP contribution < -0.4 is 0 Å². The monoisotopic (exact) mass is 206 g/mol. The third-order valence-corrected chi connectivity index (χ3v) is 2.89. The number of aryl methyl sites for hydroxylation is 1. The van der Waals surface area contributed by atoms with Crippen LogP contribution in [0.15, 0.2) is 12.3 Å². The van der Waals surface area contributed by atoms with Crippen molar-refractivity contribution in [1.29, 1.82) is 0 Å². The smallest absolute Gasteiger partial charge is 0.190 e. The van der Waals surface area contributed by atoms with E-state index in [4.69, 9.17) is 0 Å². The minimum Gasteiger partial charge on any atom is -0.299 e. The van der Waals surface area contributed by atoms with Crippen LogP contribution in [0.2, 0.25) is 0 Å². The predicted molar refractivity (Wildman–Crippen MR) is 54.5 cm³/mol. The molecule has 0 spiro atoms. The van der Waals surface area contributed by atoms with Crippen molar-refractivity contribution in [2.75, 3.05) is 0 Å². The molecule has 15 heavy (non-hydrogen) atoms. The molecule has 1 aromatic heterocycles. The minimum atomic E-state index is -0.160. The maximum atomic E-state index is 11.6.